The second-order valence-corrected chi connectivity index (χ2v) is 4.20. The maximum Gasteiger partial charge on any atom is 0.149 e. The zero-order valence-electron chi connectivity index (χ0n) is 8.81. The fourth-order valence-electron chi connectivity index (χ4n) is 1.97. The summed E-state index contributed by atoms with van der Waals surface area (Å²) in [6.45, 7) is 5.80. The Morgan fingerprint density at radius 2 is 1.92 bits per heavy atom. The molecule has 0 unspecified atom stereocenters. The third-order valence-electron chi connectivity index (χ3n) is 3.02. The van der Waals surface area contributed by atoms with Crippen molar-refractivity contribution in [3.63, 3.8) is 0 Å². The van der Waals surface area contributed by atoms with Crippen molar-refractivity contribution < 1.29 is 4.79 Å². The maximum atomic E-state index is 11.6. The standard InChI is InChI=1S/C11H21NO/c1-3-12-8-11(13)10-6-4-9(2)5-7-10/h9-10,12H,3-8H2,1-2H3/t9-,10-. The quantitative estimate of drug-likeness (QED) is 0.722. The van der Waals surface area contributed by atoms with Gasteiger partial charge in [0.25, 0.3) is 0 Å². The zero-order chi connectivity index (χ0) is 9.68. The molecule has 0 heterocycles. The number of likely N-dealkylation sites (N-methyl/N-ethyl adjacent to an activating group) is 1. The van der Waals surface area contributed by atoms with E-state index in [1.54, 1.807) is 0 Å². The Kier molecular flexibility index (Phi) is 4.43. The molecule has 1 saturated carbocycles. The molecule has 76 valence electrons. The van der Waals surface area contributed by atoms with Crippen LogP contribution in [0.1, 0.15) is 39.5 Å². The van der Waals surface area contributed by atoms with E-state index in [0.29, 0.717) is 18.2 Å². The molecule has 1 fully saturated rings. The van der Waals surface area contributed by atoms with Crippen LogP contribution < -0.4 is 5.32 Å². The largest absolute Gasteiger partial charge is 0.310 e. The van der Waals surface area contributed by atoms with E-state index in [0.717, 1.165) is 25.3 Å². The minimum atomic E-state index is 0.357. The second-order valence-electron chi connectivity index (χ2n) is 4.20. The number of carbonyl (C=O) groups is 1. The van der Waals surface area contributed by atoms with Crippen molar-refractivity contribution >= 4 is 5.78 Å². The van der Waals surface area contributed by atoms with Crippen LogP contribution in [0.15, 0.2) is 0 Å². The minimum Gasteiger partial charge on any atom is -0.310 e. The van der Waals surface area contributed by atoms with Crippen molar-refractivity contribution in [1.82, 2.24) is 5.32 Å². The summed E-state index contributed by atoms with van der Waals surface area (Å²) < 4.78 is 0. The molecule has 0 amide bonds. The Labute approximate surface area is 81.1 Å². The first-order valence-corrected chi connectivity index (χ1v) is 5.47. The Morgan fingerprint density at radius 3 is 2.46 bits per heavy atom. The van der Waals surface area contributed by atoms with Crippen LogP contribution >= 0.6 is 0 Å². The lowest BCUT2D eigenvalue weighted by Crippen LogP contribution is -2.30. The van der Waals surface area contributed by atoms with E-state index >= 15 is 0 Å². The molecule has 0 spiro atoms. The Bertz CT molecular complexity index is 159. The highest BCUT2D eigenvalue weighted by Gasteiger charge is 2.23. The lowest BCUT2D eigenvalue weighted by molar-refractivity contribution is -0.123. The third-order valence-corrected chi connectivity index (χ3v) is 3.02. The molecule has 2 nitrogen and oxygen atoms in total. The van der Waals surface area contributed by atoms with Crippen LogP contribution in [-0.2, 0) is 4.79 Å². The van der Waals surface area contributed by atoms with E-state index in [-0.39, 0.29) is 0 Å². The minimum absolute atomic E-state index is 0.357. The predicted octanol–water partition coefficient (Wildman–Crippen LogP) is 1.99. The summed E-state index contributed by atoms with van der Waals surface area (Å²) in [5.41, 5.74) is 0. The molecule has 0 aliphatic heterocycles. The molecule has 0 aromatic rings. The van der Waals surface area contributed by atoms with Gasteiger partial charge in [0, 0.05) is 5.92 Å². The summed E-state index contributed by atoms with van der Waals surface area (Å²) in [7, 11) is 0. The molecule has 0 aromatic carbocycles. The highest BCUT2D eigenvalue weighted by atomic mass is 16.1. The average molecular weight is 183 g/mol. The number of hydrogen-bond acceptors (Lipinski definition) is 2. The van der Waals surface area contributed by atoms with E-state index in [1.165, 1.54) is 12.8 Å². The highest BCUT2D eigenvalue weighted by Crippen LogP contribution is 2.28. The van der Waals surface area contributed by atoms with Crippen molar-refractivity contribution in [2.45, 2.75) is 39.5 Å². The summed E-state index contributed by atoms with van der Waals surface area (Å²) in [4.78, 5) is 11.6. The van der Waals surface area contributed by atoms with Crippen molar-refractivity contribution in [3.05, 3.63) is 0 Å². The zero-order valence-corrected chi connectivity index (χ0v) is 8.81. The first-order valence-electron chi connectivity index (χ1n) is 5.47. The van der Waals surface area contributed by atoms with Gasteiger partial charge in [-0.2, -0.15) is 0 Å². The van der Waals surface area contributed by atoms with Crippen LogP contribution in [0.3, 0.4) is 0 Å². The molecule has 0 atom stereocenters. The molecule has 0 bridgehead atoms. The highest BCUT2D eigenvalue weighted by molar-refractivity contribution is 5.83. The van der Waals surface area contributed by atoms with Crippen LogP contribution in [0.2, 0.25) is 0 Å². The second kappa shape index (κ2) is 5.38. The van der Waals surface area contributed by atoms with Crippen LogP contribution in [0.5, 0.6) is 0 Å². The van der Waals surface area contributed by atoms with Crippen LogP contribution in [-0.4, -0.2) is 18.9 Å². The van der Waals surface area contributed by atoms with Crippen LogP contribution in [0.25, 0.3) is 0 Å². The van der Waals surface area contributed by atoms with Gasteiger partial charge in [0.1, 0.15) is 5.78 Å². The number of Topliss-reactive ketones (excluding diaryl/α,β-unsaturated/α-hetero) is 1. The van der Waals surface area contributed by atoms with Gasteiger partial charge in [0.15, 0.2) is 0 Å². The number of nitrogens with one attached hydrogen (secondary N) is 1. The van der Waals surface area contributed by atoms with Gasteiger partial charge in [-0.1, -0.05) is 26.7 Å². The van der Waals surface area contributed by atoms with Gasteiger partial charge in [0.05, 0.1) is 6.54 Å². The van der Waals surface area contributed by atoms with E-state index in [4.69, 9.17) is 0 Å². The first-order chi connectivity index (χ1) is 6.24. The Morgan fingerprint density at radius 1 is 1.31 bits per heavy atom. The van der Waals surface area contributed by atoms with Crippen LogP contribution in [0.4, 0.5) is 0 Å². The summed E-state index contributed by atoms with van der Waals surface area (Å²) >= 11 is 0. The summed E-state index contributed by atoms with van der Waals surface area (Å²) in [6.07, 6.45) is 4.71. The molecule has 0 aromatic heterocycles. The molecule has 1 aliphatic carbocycles. The molecule has 1 N–H and O–H groups in total. The summed E-state index contributed by atoms with van der Waals surface area (Å²) in [5.74, 6) is 1.62. The fourth-order valence-corrected chi connectivity index (χ4v) is 1.97. The predicted molar refractivity (Wildman–Crippen MR) is 54.7 cm³/mol. The van der Waals surface area contributed by atoms with Gasteiger partial charge < -0.3 is 5.32 Å². The van der Waals surface area contributed by atoms with Gasteiger partial charge >= 0.3 is 0 Å². The summed E-state index contributed by atoms with van der Waals surface area (Å²) in [6, 6.07) is 0. The molecule has 0 radical (unpaired) electrons. The summed E-state index contributed by atoms with van der Waals surface area (Å²) in [5, 5.41) is 3.11. The van der Waals surface area contributed by atoms with Gasteiger partial charge in [-0.05, 0) is 25.3 Å². The molecular formula is C11H21NO. The first kappa shape index (κ1) is 10.7. The Hall–Kier alpha value is -0.370. The van der Waals surface area contributed by atoms with Gasteiger partial charge in [-0.15, -0.1) is 0 Å². The average Bonchev–Trinajstić information content (AvgIpc) is 2.15. The number of rotatable bonds is 4. The molecule has 1 rings (SSSR count). The SMILES string of the molecule is CCNCC(=O)[C@H]1CC[C@H](C)CC1. The number of hydrogen-bond donors (Lipinski definition) is 1. The molecule has 1 aliphatic rings. The van der Waals surface area contributed by atoms with E-state index in [9.17, 15) is 4.79 Å². The lowest BCUT2D eigenvalue weighted by atomic mass is 9.81. The number of ketones is 1. The molecule has 2 heteroatoms. The monoisotopic (exact) mass is 183 g/mol. The normalized spacial score (nSPS) is 28.8. The van der Waals surface area contributed by atoms with Crippen molar-refractivity contribution in [1.29, 1.82) is 0 Å². The Balaban J connectivity index is 2.23. The lowest BCUT2D eigenvalue weighted by Gasteiger charge is -2.24. The van der Waals surface area contributed by atoms with Crippen molar-refractivity contribution in [3.8, 4) is 0 Å². The smallest absolute Gasteiger partial charge is 0.149 e. The van der Waals surface area contributed by atoms with Gasteiger partial charge in [-0.3, -0.25) is 4.79 Å². The number of carbonyl (C=O) groups excluding carboxylic acids is 1. The topological polar surface area (TPSA) is 29.1 Å². The van der Waals surface area contributed by atoms with Crippen molar-refractivity contribution in [2.75, 3.05) is 13.1 Å². The third kappa shape index (κ3) is 3.47. The molecular weight excluding hydrogens is 162 g/mol. The van der Waals surface area contributed by atoms with Crippen LogP contribution in [0, 0.1) is 11.8 Å². The van der Waals surface area contributed by atoms with E-state index in [1.807, 2.05) is 6.92 Å². The van der Waals surface area contributed by atoms with Crippen molar-refractivity contribution in [2.24, 2.45) is 11.8 Å². The van der Waals surface area contributed by atoms with E-state index < -0.39 is 0 Å². The van der Waals surface area contributed by atoms with Gasteiger partial charge in [0.2, 0.25) is 0 Å². The fraction of sp³-hybridized carbons (Fsp3) is 0.909. The molecule has 0 saturated heterocycles. The van der Waals surface area contributed by atoms with E-state index in [2.05, 4.69) is 12.2 Å². The maximum absolute atomic E-state index is 11.6. The van der Waals surface area contributed by atoms with Gasteiger partial charge in [-0.25, -0.2) is 0 Å². The molecule has 13 heavy (non-hydrogen) atoms.